The first-order valence-corrected chi connectivity index (χ1v) is 7.45. The zero-order chi connectivity index (χ0) is 15.1. The molecule has 112 valence electrons. The van der Waals surface area contributed by atoms with Gasteiger partial charge in [0.05, 0.1) is 11.2 Å². The fourth-order valence-corrected chi connectivity index (χ4v) is 2.56. The van der Waals surface area contributed by atoms with Gasteiger partial charge in [-0.05, 0) is 18.4 Å². The van der Waals surface area contributed by atoms with Gasteiger partial charge >= 0.3 is 5.97 Å². The summed E-state index contributed by atoms with van der Waals surface area (Å²) in [6.45, 7) is 0.469. The number of carboxylic acid groups (broad SMARTS) is 1. The minimum absolute atomic E-state index is 0.00601. The fourth-order valence-electron chi connectivity index (χ4n) is 1.79. The number of nitrogens with one attached hydrogen (secondary N) is 2. The summed E-state index contributed by atoms with van der Waals surface area (Å²) in [6, 6.07) is 0. The molecule has 0 fully saturated rings. The summed E-state index contributed by atoms with van der Waals surface area (Å²) in [5, 5.41) is 20.4. The maximum Gasteiger partial charge on any atom is 0.355 e. The van der Waals surface area contributed by atoms with Gasteiger partial charge in [0.1, 0.15) is 0 Å². The Balaban J connectivity index is 1.61. The summed E-state index contributed by atoms with van der Waals surface area (Å²) in [7, 11) is 0. The van der Waals surface area contributed by atoms with E-state index in [1.165, 1.54) is 16.7 Å². The Bertz CT molecular complexity index is 594. The number of rotatable bonds is 8. The van der Waals surface area contributed by atoms with Gasteiger partial charge < -0.3 is 10.4 Å². The predicted molar refractivity (Wildman–Crippen MR) is 77.3 cm³/mol. The van der Waals surface area contributed by atoms with E-state index in [9.17, 15) is 9.59 Å². The van der Waals surface area contributed by atoms with Crippen LogP contribution in [0.1, 0.15) is 33.9 Å². The molecular formula is C13H16N4O3S. The van der Waals surface area contributed by atoms with E-state index in [-0.39, 0.29) is 11.6 Å². The van der Waals surface area contributed by atoms with Gasteiger partial charge in [-0.15, -0.1) is 11.3 Å². The van der Waals surface area contributed by atoms with Crippen LogP contribution < -0.4 is 5.32 Å². The Kier molecular flexibility index (Phi) is 5.44. The lowest BCUT2D eigenvalue weighted by molar-refractivity contribution is -0.121. The van der Waals surface area contributed by atoms with Gasteiger partial charge in [-0.3, -0.25) is 9.89 Å². The average Bonchev–Trinajstić information content (AvgIpc) is 3.09. The number of carbonyl (C=O) groups excluding carboxylic acids is 1. The summed E-state index contributed by atoms with van der Waals surface area (Å²) in [6.07, 6.45) is 6.17. The molecule has 3 N–H and O–H groups in total. The molecule has 0 atom stereocenters. The van der Waals surface area contributed by atoms with E-state index in [0.717, 1.165) is 18.4 Å². The summed E-state index contributed by atoms with van der Waals surface area (Å²) in [5.74, 6) is -1.03. The van der Waals surface area contributed by atoms with E-state index in [1.807, 2.05) is 6.20 Å². The summed E-state index contributed by atoms with van der Waals surface area (Å²) >= 11 is 1.29. The maximum absolute atomic E-state index is 11.6. The van der Waals surface area contributed by atoms with Crippen LogP contribution in [-0.4, -0.2) is 38.7 Å². The average molecular weight is 308 g/mol. The highest BCUT2D eigenvalue weighted by molar-refractivity contribution is 7.09. The molecule has 0 saturated carbocycles. The van der Waals surface area contributed by atoms with Gasteiger partial charge in [-0.1, -0.05) is 0 Å². The molecule has 2 rings (SSSR count). The SMILES string of the molecule is O=C(CCCc1cn[nH]c1)NCCc1nc(C(=O)O)cs1. The van der Waals surface area contributed by atoms with Crippen molar-refractivity contribution < 1.29 is 14.7 Å². The van der Waals surface area contributed by atoms with Crippen molar-refractivity contribution in [1.82, 2.24) is 20.5 Å². The molecule has 2 aromatic rings. The van der Waals surface area contributed by atoms with Crippen molar-refractivity contribution in [1.29, 1.82) is 0 Å². The number of aromatic carboxylic acids is 1. The zero-order valence-corrected chi connectivity index (χ0v) is 12.2. The van der Waals surface area contributed by atoms with Crippen molar-refractivity contribution in [3.05, 3.63) is 34.0 Å². The van der Waals surface area contributed by atoms with Crippen LogP contribution in [0.2, 0.25) is 0 Å². The number of aromatic nitrogens is 3. The van der Waals surface area contributed by atoms with Gasteiger partial charge in [-0.25, -0.2) is 9.78 Å². The number of thiazole rings is 1. The number of carbonyl (C=O) groups is 2. The monoisotopic (exact) mass is 308 g/mol. The Morgan fingerprint density at radius 1 is 1.38 bits per heavy atom. The lowest BCUT2D eigenvalue weighted by atomic mass is 10.1. The summed E-state index contributed by atoms with van der Waals surface area (Å²) in [4.78, 5) is 26.3. The highest BCUT2D eigenvalue weighted by Gasteiger charge is 2.08. The molecule has 0 aliphatic heterocycles. The fraction of sp³-hybridized carbons (Fsp3) is 0.385. The van der Waals surface area contributed by atoms with Crippen molar-refractivity contribution in [3.8, 4) is 0 Å². The van der Waals surface area contributed by atoms with Gasteiger partial charge in [0.15, 0.2) is 5.69 Å². The quantitative estimate of drug-likeness (QED) is 0.680. The maximum atomic E-state index is 11.6. The Morgan fingerprint density at radius 3 is 2.90 bits per heavy atom. The van der Waals surface area contributed by atoms with E-state index in [2.05, 4.69) is 20.5 Å². The number of aryl methyl sites for hydroxylation is 1. The third-order valence-corrected chi connectivity index (χ3v) is 3.76. The predicted octanol–water partition coefficient (Wildman–Crippen LogP) is 1.25. The largest absolute Gasteiger partial charge is 0.476 e. The van der Waals surface area contributed by atoms with Crippen molar-refractivity contribution in [2.24, 2.45) is 0 Å². The molecule has 0 radical (unpaired) electrons. The Morgan fingerprint density at radius 2 is 2.24 bits per heavy atom. The number of aromatic amines is 1. The van der Waals surface area contributed by atoms with E-state index >= 15 is 0 Å². The van der Waals surface area contributed by atoms with Crippen LogP contribution in [0.3, 0.4) is 0 Å². The van der Waals surface area contributed by atoms with Crippen molar-refractivity contribution >= 4 is 23.2 Å². The molecule has 7 nitrogen and oxygen atoms in total. The molecule has 8 heteroatoms. The molecule has 0 bridgehead atoms. The van der Waals surface area contributed by atoms with Crippen LogP contribution in [0.4, 0.5) is 0 Å². The molecule has 0 aromatic carbocycles. The zero-order valence-electron chi connectivity index (χ0n) is 11.3. The normalized spacial score (nSPS) is 10.5. The van der Waals surface area contributed by atoms with Crippen LogP contribution in [0.25, 0.3) is 0 Å². The van der Waals surface area contributed by atoms with Crippen molar-refractivity contribution in [3.63, 3.8) is 0 Å². The number of H-pyrrole nitrogens is 1. The van der Waals surface area contributed by atoms with E-state index in [1.54, 1.807) is 6.20 Å². The van der Waals surface area contributed by atoms with E-state index in [0.29, 0.717) is 24.4 Å². The second-order valence-corrected chi connectivity index (χ2v) is 5.43. The molecule has 2 aromatic heterocycles. The van der Waals surface area contributed by atoms with Gasteiger partial charge in [-0.2, -0.15) is 5.10 Å². The van der Waals surface area contributed by atoms with Crippen molar-refractivity contribution in [2.75, 3.05) is 6.54 Å². The highest BCUT2D eigenvalue weighted by atomic mass is 32.1. The smallest absolute Gasteiger partial charge is 0.355 e. The Hall–Kier alpha value is -2.22. The van der Waals surface area contributed by atoms with Crippen LogP contribution >= 0.6 is 11.3 Å². The standard InChI is InChI=1S/C13H16N4O3S/c18-11(3-1-2-9-6-15-16-7-9)14-5-4-12-17-10(8-21-12)13(19)20/h6-8H,1-5H2,(H,14,18)(H,15,16)(H,19,20). The topological polar surface area (TPSA) is 108 Å². The van der Waals surface area contributed by atoms with Crippen LogP contribution in [0, 0.1) is 0 Å². The second-order valence-electron chi connectivity index (χ2n) is 4.49. The van der Waals surface area contributed by atoms with Crippen LogP contribution in [0.5, 0.6) is 0 Å². The lowest BCUT2D eigenvalue weighted by Crippen LogP contribution is -2.25. The second kappa shape index (κ2) is 7.53. The van der Waals surface area contributed by atoms with E-state index < -0.39 is 5.97 Å². The summed E-state index contributed by atoms with van der Waals surface area (Å²) < 4.78 is 0. The first-order valence-electron chi connectivity index (χ1n) is 6.57. The van der Waals surface area contributed by atoms with E-state index in [4.69, 9.17) is 5.11 Å². The van der Waals surface area contributed by atoms with Crippen LogP contribution in [0.15, 0.2) is 17.8 Å². The molecule has 2 heterocycles. The molecule has 0 saturated heterocycles. The molecule has 1 amide bonds. The van der Waals surface area contributed by atoms with Gasteiger partial charge in [0, 0.05) is 31.0 Å². The van der Waals surface area contributed by atoms with Crippen LogP contribution in [-0.2, 0) is 17.6 Å². The first kappa shape index (κ1) is 15.2. The molecule has 21 heavy (non-hydrogen) atoms. The molecule has 0 unspecified atom stereocenters. The summed E-state index contributed by atoms with van der Waals surface area (Å²) in [5.41, 5.74) is 1.15. The molecule has 0 aliphatic rings. The minimum Gasteiger partial charge on any atom is -0.476 e. The number of amides is 1. The molecular weight excluding hydrogens is 292 g/mol. The van der Waals surface area contributed by atoms with Crippen molar-refractivity contribution in [2.45, 2.75) is 25.7 Å². The minimum atomic E-state index is -1.03. The lowest BCUT2D eigenvalue weighted by Gasteiger charge is -2.03. The molecule has 0 aliphatic carbocycles. The first-order chi connectivity index (χ1) is 10.1. The third kappa shape index (κ3) is 4.99. The number of hydrogen-bond donors (Lipinski definition) is 3. The Labute approximate surface area is 125 Å². The number of hydrogen-bond acceptors (Lipinski definition) is 5. The number of carboxylic acids is 1. The third-order valence-electron chi connectivity index (χ3n) is 2.86. The molecule has 0 spiro atoms. The number of nitrogens with zero attached hydrogens (tertiary/aromatic N) is 2. The van der Waals surface area contributed by atoms with Gasteiger partial charge in [0.2, 0.25) is 5.91 Å². The van der Waals surface area contributed by atoms with Gasteiger partial charge in [0.25, 0.3) is 0 Å². The highest BCUT2D eigenvalue weighted by Crippen LogP contribution is 2.10.